The molecule has 70 heavy (non-hydrogen) atoms. The lowest BCUT2D eigenvalue weighted by atomic mass is 9.92. The highest BCUT2D eigenvalue weighted by Crippen LogP contribution is 2.47. The SMILES string of the molecule is CC(C)N(C(=O)Oc1ccc2ccccc2c1-c1c(OCCCCCCCCOc2ccc3ccccc3c2-c2c(OC(=O)N(C(C)C)C(C)C)ccc3ccccc23)ccc2ccccc12)C(C)C. The Hall–Kier alpha value is -7.06. The van der Waals surface area contributed by atoms with Gasteiger partial charge in [-0.15, -0.1) is 0 Å². The van der Waals surface area contributed by atoms with Gasteiger partial charge in [0, 0.05) is 46.4 Å². The third kappa shape index (κ3) is 10.9. The Kier molecular flexibility index (Phi) is 15.9. The van der Waals surface area contributed by atoms with Crippen LogP contribution in [0.5, 0.6) is 23.0 Å². The molecule has 0 aliphatic carbocycles. The van der Waals surface area contributed by atoms with Crippen LogP contribution >= 0.6 is 0 Å². The van der Waals surface area contributed by atoms with Crippen LogP contribution in [-0.4, -0.2) is 59.4 Å². The minimum atomic E-state index is -0.371. The number of carbonyl (C=O) groups excluding carboxylic acids is 2. The summed E-state index contributed by atoms with van der Waals surface area (Å²) in [7, 11) is 0. The Morgan fingerprint density at radius 2 is 0.600 bits per heavy atom. The number of unbranched alkanes of at least 4 members (excludes halogenated alkanes) is 5. The Morgan fingerprint density at radius 1 is 0.343 bits per heavy atom. The molecule has 0 aliphatic heterocycles. The van der Waals surface area contributed by atoms with Crippen molar-refractivity contribution in [1.29, 1.82) is 0 Å². The summed E-state index contributed by atoms with van der Waals surface area (Å²) in [4.78, 5) is 31.1. The third-order valence-corrected chi connectivity index (χ3v) is 13.2. The fourth-order valence-corrected chi connectivity index (χ4v) is 10.1. The summed E-state index contributed by atoms with van der Waals surface area (Å²) in [5, 5.41) is 8.35. The minimum Gasteiger partial charge on any atom is -0.493 e. The average molecular weight is 937 g/mol. The second-order valence-electron chi connectivity index (χ2n) is 19.4. The van der Waals surface area contributed by atoms with Gasteiger partial charge >= 0.3 is 12.2 Å². The lowest BCUT2D eigenvalue weighted by Gasteiger charge is -2.30. The van der Waals surface area contributed by atoms with E-state index in [9.17, 15) is 9.59 Å². The molecule has 8 aromatic rings. The Balaban J connectivity index is 0.937. The molecule has 0 atom stereocenters. The lowest BCUT2D eigenvalue weighted by Crippen LogP contribution is -2.43. The maximum atomic E-state index is 13.8. The zero-order valence-corrected chi connectivity index (χ0v) is 42.2. The van der Waals surface area contributed by atoms with E-state index in [1.807, 2.05) is 128 Å². The zero-order chi connectivity index (χ0) is 49.3. The van der Waals surface area contributed by atoms with E-state index in [2.05, 4.69) is 72.8 Å². The summed E-state index contributed by atoms with van der Waals surface area (Å²) in [6.45, 7) is 17.2. The quantitative estimate of drug-likeness (QED) is 0.0752. The van der Waals surface area contributed by atoms with Crippen molar-refractivity contribution in [2.45, 2.75) is 118 Å². The number of rotatable bonds is 19. The van der Waals surface area contributed by atoms with E-state index in [1.54, 1.807) is 9.80 Å². The highest BCUT2D eigenvalue weighted by atomic mass is 16.6. The van der Waals surface area contributed by atoms with Gasteiger partial charge in [-0.2, -0.15) is 0 Å². The van der Waals surface area contributed by atoms with Crippen molar-refractivity contribution in [3.8, 4) is 45.3 Å². The van der Waals surface area contributed by atoms with Crippen LogP contribution in [0.3, 0.4) is 0 Å². The summed E-state index contributed by atoms with van der Waals surface area (Å²) in [5.74, 6) is 2.56. The summed E-state index contributed by atoms with van der Waals surface area (Å²) < 4.78 is 26.0. The van der Waals surface area contributed by atoms with E-state index in [4.69, 9.17) is 18.9 Å². The van der Waals surface area contributed by atoms with Crippen LogP contribution < -0.4 is 18.9 Å². The van der Waals surface area contributed by atoms with E-state index < -0.39 is 0 Å². The molecule has 8 aromatic carbocycles. The molecule has 0 fully saturated rings. The molecule has 0 heterocycles. The molecule has 8 nitrogen and oxygen atoms in total. The Bertz CT molecular complexity index is 2880. The van der Waals surface area contributed by atoms with Gasteiger partial charge < -0.3 is 28.7 Å². The molecule has 0 bridgehead atoms. The van der Waals surface area contributed by atoms with E-state index in [0.29, 0.717) is 24.7 Å². The first kappa shape index (κ1) is 49.4. The normalized spacial score (nSPS) is 11.7. The number of hydrogen-bond donors (Lipinski definition) is 0. The fourth-order valence-electron chi connectivity index (χ4n) is 10.1. The standard InChI is InChI=1S/C62H68N2O6/c1-41(2)63(42(3)4)61(65)69-55-37-33-47-25-15-19-29-51(47)59(55)57-49-27-17-13-23-45(49)31-35-53(57)67-39-21-11-9-10-12-22-40-68-54-36-32-46-24-14-18-28-50(46)58(54)60-52-30-20-16-26-48(52)34-38-56(60)70-62(66)64(43(5)6)44(7)8/h13-20,23-38,41-44H,9-12,21-22,39-40H2,1-8H3. The van der Waals surface area contributed by atoms with Crippen LogP contribution in [0.4, 0.5) is 9.59 Å². The molecule has 8 rings (SSSR count). The van der Waals surface area contributed by atoms with Gasteiger partial charge in [0.15, 0.2) is 0 Å². The molecule has 0 unspecified atom stereocenters. The molecule has 0 saturated carbocycles. The maximum absolute atomic E-state index is 13.8. The van der Waals surface area contributed by atoms with Gasteiger partial charge in [0.05, 0.1) is 13.2 Å². The van der Waals surface area contributed by atoms with Gasteiger partial charge in [-0.05, 0) is 136 Å². The first-order chi connectivity index (χ1) is 33.9. The van der Waals surface area contributed by atoms with Crippen LogP contribution in [0.25, 0.3) is 65.3 Å². The van der Waals surface area contributed by atoms with E-state index in [0.717, 1.165) is 115 Å². The van der Waals surface area contributed by atoms with Crippen molar-refractivity contribution in [3.63, 3.8) is 0 Å². The smallest absolute Gasteiger partial charge is 0.415 e. The molecule has 8 heteroatoms. The number of nitrogens with zero attached hydrogens (tertiary/aromatic N) is 2. The third-order valence-electron chi connectivity index (χ3n) is 13.2. The number of ether oxygens (including phenoxy) is 4. The highest BCUT2D eigenvalue weighted by Gasteiger charge is 2.28. The van der Waals surface area contributed by atoms with Crippen LogP contribution in [0.15, 0.2) is 146 Å². The number of fused-ring (bicyclic) bond motifs is 4. The zero-order valence-electron chi connectivity index (χ0n) is 42.2. The summed E-state index contributed by atoms with van der Waals surface area (Å²) >= 11 is 0. The first-order valence-electron chi connectivity index (χ1n) is 25.3. The maximum Gasteiger partial charge on any atom is 0.415 e. The second-order valence-corrected chi connectivity index (χ2v) is 19.4. The van der Waals surface area contributed by atoms with Crippen molar-refractivity contribution in [1.82, 2.24) is 9.80 Å². The highest BCUT2D eigenvalue weighted by molar-refractivity contribution is 6.11. The first-order valence-corrected chi connectivity index (χ1v) is 25.3. The summed E-state index contributed by atoms with van der Waals surface area (Å²) in [6, 6.07) is 49.3. The van der Waals surface area contributed by atoms with Crippen LogP contribution in [0, 0.1) is 0 Å². The molecular formula is C62H68N2O6. The lowest BCUT2D eigenvalue weighted by molar-refractivity contribution is 0.122. The average Bonchev–Trinajstić information content (AvgIpc) is 3.34. The van der Waals surface area contributed by atoms with Crippen molar-refractivity contribution < 1.29 is 28.5 Å². The molecule has 0 saturated heterocycles. The molecular weight excluding hydrogens is 869 g/mol. The van der Waals surface area contributed by atoms with Gasteiger partial charge in [-0.1, -0.05) is 147 Å². The van der Waals surface area contributed by atoms with Gasteiger partial charge in [-0.25, -0.2) is 9.59 Å². The van der Waals surface area contributed by atoms with Crippen molar-refractivity contribution in [3.05, 3.63) is 146 Å². The van der Waals surface area contributed by atoms with Crippen LogP contribution in [-0.2, 0) is 0 Å². The van der Waals surface area contributed by atoms with Gasteiger partial charge in [0.1, 0.15) is 23.0 Å². The van der Waals surface area contributed by atoms with E-state index >= 15 is 0 Å². The number of benzene rings is 8. The molecule has 0 N–H and O–H groups in total. The van der Waals surface area contributed by atoms with E-state index in [1.165, 1.54) is 0 Å². The molecule has 0 aliphatic rings. The van der Waals surface area contributed by atoms with Crippen molar-refractivity contribution in [2.24, 2.45) is 0 Å². The van der Waals surface area contributed by atoms with Gasteiger partial charge in [0.2, 0.25) is 0 Å². The predicted molar refractivity (Wildman–Crippen MR) is 289 cm³/mol. The topological polar surface area (TPSA) is 77.5 Å². The van der Waals surface area contributed by atoms with Crippen molar-refractivity contribution in [2.75, 3.05) is 13.2 Å². The predicted octanol–water partition coefficient (Wildman–Crippen LogP) is 16.7. The van der Waals surface area contributed by atoms with Gasteiger partial charge in [-0.3, -0.25) is 0 Å². The van der Waals surface area contributed by atoms with Crippen LogP contribution in [0.2, 0.25) is 0 Å². The Labute approximate surface area is 414 Å². The summed E-state index contributed by atoms with van der Waals surface area (Å²) in [6.07, 6.45) is 5.29. The second kappa shape index (κ2) is 22.6. The monoisotopic (exact) mass is 937 g/mol. The van der Waals surface area contributed by atoms with Crippen molar-refractivity contribution >= 4 is 55.3 Å². The number of hydrogen-bond acceptors (Lipinski definition) is 6. The molecule has 0 spiro atoms. The molecule has 0 aromatic heterocycles. The number of carbonyl (C=O) groups is 2. The molecule has 362 valence electrons. The molecule has 0 radical (unpaired) electrons. The van der Waals surface area contributed by atoms with E-state index in [-0.39, 0.29) is 36.4 Å². The molecule has 2 amide bonds. The minimum absolute atomic E-state index is 0.0214. The fraction of sp³-hybridized carbons (Fsp3) is 0.323. The summed E-state index contributed by atoms with van der Waals surface area (Å²) in [5.41, 5.74) is 3.55. The van der Waals surface area contributed by atoms with Crippen LogP contribution in [0.1, 0.15) is 93.9 Å². The largest absolute Gasteiger partial charge is 0.493 e. The van der Waals surface area contributed by atoms with Gasteiger partial charge in [0.25, 0.3) is 0 Å². The Morgan fingerprint density at radius 3 is 0.900 bits per heavy atom. The number of amides is 2.